The number of rotatable bonds is 6. The number of amides is 1. The molecule has 1 amide bonds. The minimum absolute atomic E-state index is 0.0621. The molecule has 0 saturated heterocycles. The number of aromatic nitrogens is 2. The van der Waals surface area contributed by atoms with E-state index < -0.39 is 10.0 Å². The summed E-state index contributed by atoms with van der Waals surface area (Å²) in [5, 5.41) is 0. The van der Waals surface area contributed by atoms with Gasteiger partial charge in [0.15, 0.2) is 0 Å². The summed E-state index contributed by atoms with van der Waals surface area (Å²) >= 11 is 1.02. The Morgan fingerprint density at radius 2 is 1.88 bits per heavy atom. The number of carbonyl (C=O) groups is 1. The molecule has 2 aliphatic rings. The van der Waals surface area contributed by atoms with Gasteiger partial charge in [0, 0.05) is 25.6 Å². The molecule has 2 aliphatic carbocycles. The minimum Gasteiger partial charge on any atom is -0.342 e. The van der Waals surface area contributed by atoms with E-state index in [1.54, 1.807) is 18.2 Å². The smallest absolute Gasteiger partial charge is 0.242 e. The van der Waals surface area contributed by atoms with Gasteiger partial charge in [-0.1, -0.05) is 32.8 Å². The normalized spacial score (nSPS) is 29.2. The van der Waals surface area contributed by atoms with Crippen molar-refractivity contribution in [2.75, 3.05) is 13.6 Å². The molecule has 2 fully saturated rings. The number of hydrogen-bond donors (Lipinski definition) is 1. The van der Waals surface area contributed by atoms with Crippen molar-refractivity contribution in [3.63, 3.8) is 0 Å². The zero-order valence-corrected chi connectivity index (χ0v) is 20.8. The first-order valence-corrected chi connectivity index (χ1v) is 14.0. The second-order valence-electron chi connectivity index (χ2n) is 9.74. The summed E-state index contributed by atoms with van der Waals surface area (Å²) in [6.07, 6.45) is 6.96. The second-order valence-corrected chi connectivity index (χ2v) is 12.0. The van der Waals surface area contributed by atoms with Crippen LogP contribution in [0.4, 0.5) is 0 Å². The van der Waals surface area contributed by atoms with Gasteiger partial charge in [-0.2, -0.15) is 8.75 Å². The van der Waals surface area contributed by atoms with Crippen molar-refractivity contribution < 1.29 is 13.2 Å². The van der Waals surface area contributed by atoms with E-state index in [1.165, 1.54) is 12.8 Å². The molecule has 0 spiro atoms. The Kier molecular flexibility index (Phi) is 7.17. The lowest BCUT2D eigenvalue weighted by molar-refractivity contribution is -0.139. The minimum atomic E-state index is -3.65. The van der Waals surface area contributed by atoms with Crippen LogP contribution >= 0.6 is 11.7 Å². The highest BCUT2D eigenvalue weighted by Crippen LogP contribution is 2.35. The van der Waals surface area contributed by atoms with Crippen molar-refractivity contribution in [1.29, 1.82) is 0 Å². The number of fused-ring (bicyclic) bond motifs is 1. The van der Waals surface area contributed by atoms with E-state index in [0.29, 0.717) is 35.5 Å². The molecule has 176 valence electrons. The maximum absolute atomic E-state index is 13.2. The molecule has 1 aromatic carbocycles. The zero-order chi connectivity index (χ0) is 22.9. The van der Waals surface area contributed by atoms with E-state index in [1.807, 2.05) is 11.9 Å². The van der Waals surface area contributed by atoms with Crippen LogP contribution in [0.1, 0.15) is 58.8 Å². The fourth-order valence-corrected chi connectivity index (χ4v) is 7.35. The Morgan fingerprint density at radius 3 is 2.62 bits per heavy atom. The van der Waals surface area contributed by atoms with Gasteiger partial charge in [0.05, 0.1) is 11.7 Å². The third kappa shape index (κ3) is 4.84. The van der Waals surface area contributed by atoms with E-state index in [4.69, 9.17) is 0 Å². The van der Waals surface area contributed by atoms with Gasteiger partial charge < -0.3 is 4.90 Å². The SMILES string of the molecule is C[C@H]1[C@H](C)CCC[C@@H]1N(C)C(=O)C1CCC(CNS(=O)(=O)c2cccc3nsnc23)CC1. The average Bonchev–Trinajstić information content (AvgIpc) is 3.28. The summed E-state index contributed by atoms with van der Waals surface area (Å²) in [6, 6.07) is 5.38. The molecule has 9 heteroatoms. The van der Waals surface area contributed by atoms with Gasteiger partial charge >= 0.3 is 0 Å². The molecular weight excluding hydrogens is 444 g/mol. The highest BCUT2D eigenvalue weighted by molar-refractivity contribution is 7.89. The summed E-state index contributed by atoms with van der Waals surface area (Å²) in [7, 11) is -1.66. The van der Waals surface area contributed by atoms with Gasteiger partial charge in [-0.25, -0.2) is 13.1 Å². The Bertz CT molecular complexity index is 1050. The van der Waals surface area contributed by atoms with Crippen LogP contribution in [-0.2, 0) is 14.8 Å². The Balaban J connectivity index is 1.30. The molecule has 0 aliphatic heterocycles. The van der Waals surface area contributed by atoms with E-state index in [2.05, 4.69) is 27.3 Å². The van der Waals surface area contributed by atoms with Crippen molar-refractivity contribution in [2.45, 2.75) is 69.7 Å². The summed E-state index contributed by atoms with van der Waals surface area (Å²) in [5.74, 6) is 1.80. The van der Waals surface area contributed by atoms with Crippen molar-refractivity contribution in [3.8, 4) is 0 Å². The van der Waals surface area contributed by atoms with Crippen molar-refractivity contribution >= 4 is 38.7 Å². The standard InChI is InChI=1S/C23H34N4O3S2/c1-15-6-4-8-20(16(15)2)27(3)23(28)18-12-10-17(11-13-18)14-24-32(29,30)21-9-5-7-19-22(21)26-31-25-19/h5,7,9,15-18,20,24H,4,6,8,10-14H2,1-3H3/t15-,16+,17?,18?,20+/m1/s1. The van der Waals surface area contributed by atoms with E-state index in [-0.39, 0.29) is 22.6 Å². The highest BCUT2D eigenvalue weighted by Gasteiger charge is 2.36. The largest absolute Gasteiger partial charge is 0.342 e. The molecule has 0 unspecified atom stereocenters. The first-order chi connectivity index (χ1) is 15.3. The lowest BCUT2D eigenvalue weighted by atomic mass is 9.76. The van der Waals surface area contributed by atoms with Crippen LogP contribution in [0.3, 0.4) is 0 Å². The van der Waals surface area contributed by atoms with E-state index >= 15 is 0 Å². The summed E-state index contributed by atoms with van der Waals surface area (Å²) < 4.78 is 36.7. The van der Waals surface area contributed by atoms with Crippen molar-refractivity contribution in [3.05, 3.63) is 18.2 Å². The Hall–Kier alpha value is -1.58. The molecule has 0 radical (unpaired) electrons. The summed E-state index contributed by atoms with van der Waals surface area (Å²) in [6.45, 7) is 4.97. The Labute approximate surface area is 195 Å². The van der Waals surface area contributed by atoms with Crippen LogP contribution < -0.4 is 4.72 Å². The third-order valence-electron chi connectivity index (χ3n) is 7.81. The number of hydrogen-bond acceptors (Lipinski definition) is 6. The van der Waals surface area contributed by atoms with Crippen LogP contribution in [0, 0.1) is 23.7 Å². The molecule has 1 aromatic heterocycles. The molecular formula is C23H34N4O3S2. The van der Waals surface area contributed by atoms with Gasteiger partial charge in [-0.3, -0.25) is 4.79 Å². The molecule has 1 N–H and O–H groups in total. The predicted octanol–water partition coefficient (Wildman–Crippen LogP) is 4.06. The van der Waals surface area contributed by atoms with Gasteiger partial charge in [-0.05, 0) is 62.0 Å². The molecule has 2 saturated carbocycles. The lowest BCUT2D eigenvalue weighted by Gasteiger charge is -2.41. The highest BCUT2D eigenvalue weighted by atomic mass is 32.2. The summed E-state index contributed by atoms with van der Waals surface area (Å²) in [5.41, 5.74) is 1.02. The van der Waals surface area contributed by atoms with Crippen LogP contribution in [0.2, 0.25) is 0 Å². The molecule has 4 rings (SSSR count). The monoisotopic (exact) mass is 478 g/mol. The molecule has 32 heavy (non-hydrogen) atoms. The van der Waals surface area contributed by atoms with Crippen LogP contribution in [0.15, 0.2) is 23.1 Å². The fraction of sp³-hybridized carbons (Fsp3) is 0.696. The second kappa shape index (κ2) is 9.73. The van der Waals surface area contributed by atoms with Crippen molar-refractivity contribution in [1.82, 2.24) is 18.4 Å². The molecule has 7 nitrogen and oxygen atoms in total. The third-order valence-corrected chi connectivity index (χ3v) is 9.80. The summed E-state index contributed by atoms with van der Waals surface area (Å²) in [4.78, 5) is 15.4. The molecule has 0 bridgehead atoms. The fourth-order valence-electron chi connectivity index (χ4n) is 5.47. The number of nitrogens with one attached hydrogen (secondary N) is 1. The number of nitrogens with zero attached hydrogens (tertiary/aromatic N) is 3. The molecule has 2 aromatic rings. The first-order valence-electron chi connectivity index (χ1n) is 11.8. The van der Waals surface area contributed by atoms with E-state index in [9.17, 15) is 13.2 Å². The molecule has 3 atom stereocenters. The zero-order valence-electron chi connectivity index (χ0n) is 19.2. The van der Waals surface area contributed by atoms with Gasteiger partial charge in [-0.15, -0.1) is 0 Å². The topological polar surface area (TPSA) is 92.3 Å². The van der Waals surface area contributed by atoms with Crippen LogP contribution in [0.5, 0.6) is 0 Å². The number of benzene rings is 1. The molecule has 1 heterocycles. The average molecular weight is 479 g/mol. The maximum atomic E-state index is 13.2. The number of sulfonamides is 1. The predicted molar refractivity (Wildman–Crippen MR) is 127 cm³/mol. The quantitative estimate of drug-likeness (QED) is 0.676. The van der Waals surface area contributed by atoms with Crippen molar-refractivity contribution in [2.24, 2.45) is 23.7 Å². The van der Waals surface area contributed by atoms with Gasteiger partial charge in [0.1, 0.15) is 15.9 Å². The van der Waals surface area contributed by atoms with Gasteiger partial charge in [0.25, 0.3) is 0 Å². The Morgan fingerprint density at radius 1 is 1.12 bits per heavy atom. The van der Waals surface area contributed by atoms with Crippen LogP contribution in [0.25, 0.3) is 11.0 Å². The van der Waals surface area contributed by atoms with Crippen LogP contribution in [-0.4, -0.2) is 47.6 Å². The number of carbonyl (C=O) groups excluding carboxylic acids is 1. The van der Waals surface area contributed by atoms with Gasteiger partial charge in [0.2, 0.25) is 15.9 Å². The van der Waals surface area contributed by atoms with E-state index in [0.717, 1.165) is 43.8 Å². The lowest BCUT2D eigenvalue weighted by Crippen LogP contribution is -2.47. The maximum Gasteiger partial charge on any atom is 0.242 e. The first kappa shape index (κ1) is 23.6.